The molecule has 0 spiro atoms. The van der Waals surface area contributed by atoms with Gasteiger partial charge in [0.05, 0.1) is 0 Å². The molecule has 0 N–H and O–H groups in total. The standard InChI is InChI=1S/C36H37N/c1-25(26-14-8-9-15-26)22-32-31-23-29(24-33(31)36(2,3)35(32)28-18-10-11-19-28)37(4)34-21-13-12-20-30(34)27-16-6-5-7-17-27/h5-7,10-14,16-17,20-23H,1,8-9,15,18-19,24H2,2-4H3/b32-22-. The first-order chi connectivity index (χ1) is 17.9. The third kappa shape index (κ3) is 4.11. The third-order valence-electron chi connectivity index (χ3n) is 8.73. The van der Waals surface area contributed by atoms with Gasteiger partial charge >= 0.3 is 0 Å². The highest BCUT2D eigenvalue weighted by Crippen LogP contribution is 2.58. The summed E-state index contributed by atoms with van der Waals surface area (Å²) in [4.78, 5) is 2.41. The molecule has 0 saturated heterocycles. The van der Waals surface area contributed by atoms with Crippen LogP contribution < -0.4 is 4.90 Å². The minimum absolute atomic E-state index is 0.0187. The van der Waals surface area contributed by atoms with Crippen LogP contribution in [0.25, 0.3) is 11.1 Å². The monoisotopic (exact) mass is 483 g/mol. The zero-order valence-electron chi connectivity index (χ0n) is 22.5. The van der Waals surface area contributed by atoms with E-state index in [-0.39, 0.29) is 5.41 Å². The highest BCUT2D eigenvalue weighted by atomic mass is 15.1. The van der Waals surface area contributed by atoms with Gasteiger partial charge < -0.3 is 4.90 Å². The molecule has 0 atom stereocenters. The summed E-state index contributed by atoms with van der Waals surface area (Å²) >= 11 is 0. The molecule has 0 fully saturated rings. The van der Waals surface area contributed by atoms with Crippen LogP contribution in [-0.4, -0.2) is 7.05 Å². The molecule has 186 valence electrons. The SMILES string of the molecule is C=C(/C=C1/C2=C(CC(N(C)c3ccccc3-c3ccccc3)=C2)C(C)(C)C1=C1CC=CC1)C1=CCCC1. The van der Waals surface area contributed by atoms with Crippen LogP contribution in [0.2, 0.25) is 0 Å². The molecule has 0 unspecified atom stereocenters. The Bertz CT molecular complexity index is 1440. The van der Waals surface area contributed by atoms with E-state index in [9.17, 15) is 0 Å². The number of benzene rings is 2. The zero-order valence-corrected chi connectivity index (χ0v) is 22.5. The number of hydrogen-bond donors (Lipinski definition) is 0. The smallest absolute Gasteiger partial charge is 0.0485 e. The van der Waals surface area contributed by atoms with E-state index in [1.165, 1.54) is 57.6 Å². The largest absolute Gasteiger partial charge is 0.347 e. The van der Waals surface area contributed by atoms with Crippen molar-refractivity contribution in [3.8, 4) is 11.1 Å². The van der Waals surface area contributed by atoms with E-state index < -0.39 is 0 Å². The minimum atomic E-state index is 0.0187. The van der Waals surface area contributed by atoms with E-state index in [0.717, 1.165) is 25.7 Å². The van der Waals surface area contributed by atoms with E-state index in [1.807, 2.05) is 0 Å². The van der Waals surface area contributed by atoms with Crippen molar-refractivity contribution in [2.24, 2.45) is 5.41 Å². The van der Waals surface area contributed by atoms with Gasteiger partial charge in [-0.05, 0) is 89.3 Å². The Labute approximate surface area is 222 Å². The first-order valence-electron chi connectivity index (χ1n) is 13.8. The molecule has 1 nitrogen and oxygen atoms in total. The number of hydrogen-bond acceptors (Lipinski definition) is 1. The summed E-state index contributed by atoms with van der Waals surface area (Å²) < 4.78 is 0. The van der Waals surface area contributed by atoms with Gasteiger partial charge in [0.2, 0.25) is 0 Å². The lowest BCUT2D eigenvalue weighted by Crippen LogP contribution is -2.21. The van der Waals surface area contributed by atoms with Crippen LogP contribution in [0.15, 0.2) is 136 Å². The molecule has 0 saturated carbocycles. The lowest BCUT2D eigenvalue weighted by molar-refractivity contribution is 0.543. The second kappa shape index (κ2) is 9.38. The predicted octanol–water partition coefficient (Wildman–Crippen LogP) is 9.65. The average molecular weight is 484 g/mol. The minimum Gasteiger partial charge on any atom is -0.347 e. The molecule has 0 bridgehead atoms. The van der Waals surface area contributed by atoms with Crippen LogP contribution in [0.5, 0.6) is 0 Å². The van der Waals surface area contributed by atoms with E-state index in [2.05, 4.69) is 117 Å². The van der Waals surface area contributed by atoms with Crippen LogP contribution in [0.3, 0.4) is 0 Å². The molecule has 0 aliphatic heterocycles. The van der Waals surface area contributed by atoms with Crippen molar-refractivity contribution in [1.82, 2.24) is 0 Å². The molecule has 0 aromatic heterocycles. The Balaban J connectivity index is 1.41. The molecule has 4 aliphatic rings. The number of nitrogens with zero attached hydrogens (tertiary/aromatic N) is 1. The van der Waals surface area contributed by atoms with Crippen molar-refractivity contribution in [2.45, 2.75) is 52.4 Å². The van der Waals surface area contributed by atoms with Crippen molar-refractivity contribution in [1.29, 1.82) is 0 Å². The van der Waals surface area contributed by atoms with E-state index in [0.29, 0.717) is 0 Å². The molecule has 2 aromatic rings. The van der Waals surface area contributed by atoms with Crippen molar-refractivity contribution in [3.63, 3.8) is 0 Å². The number of allylic oxidation sites excluding steroid dienone is 12. The van der Waals surface area contributed by atoms with Gasteiger partial charge in [-0.1, -0.05) is 92.8 Å². The first kappa shape index (κ1) is 23.8. The van der Waals surface area contributed by atoms with Crippen molar-refractivity contribution in [3.05, 3.63) is 136 Å². The Hall–Kier alpha value is -3.58. The van der Waals surface area contributed by atoms with Crippen molar-refractivity contribution < 1.29 is 0 Å². The molecular weight excluding hydrogens is 446 g/mol. The van der Waals surface area contributed by atoms with Gasteiger partial charge in [-0.3, -0.25) is 0 Å². The maximum Gasteiger partial charge on any atom is 0.0485 e. The molecule has 1 heteroatoms. The summed E-state index contributed by atoms with van der Waals surface area (Å²) in [5.41, 5.74) is 15.3. The van der Waals surface area contributed by atoms with E-state index >= 15 is 0 Å². The number of anilines is 1. The molecule has 37 heavy (non-hydrogen) atoms. The second-order valence-electron chi connectivity index (χ2n) is 11.3. The Morgan fingerprint density at radius 2 is 1.70 bits per heavy atom. The summed E-state index contributed by atoms with van der Waals surface area (Å²) in [6.07, 6.45) is 18.7. The fraction of sp³-hybridized carbons (Fsp3) is 0.278. The normalized spacial score (nSPS) is 21.1. The van der Waals surface area contributed by atoms with Crippen LogP contribution in [0, 0.1) is 5.41 Å². The van der Waals surface area contributed by atoms with Crippen LogP contribution in [0.1, 0.15) is 52.4 Å². The molecule has 4 aliphatic carbocycles. The summed E-state index contributed by atoms with van der Waals surface area (Å²) in [6.45, 7) is 9.41. The first-order valence-corrected chi connectivity index (χ1v) is 13.8. The molecule has 0 heterocycles. The topological polar surface area (TPSA) is 3.24 Å². The maximum absolute atomic E-state index is 4.53. The fourth-order valence-electron chi connectivity index (χ4n) is 6.75. The third-order valence-corrected chi connectivity index (χ3v) is 8.73. The summed E-state index contributed by atoms with van der Waals surface area (Å²) in [6, 6.07) is 19.5. The highest BCUT2D eigenvalue weighted by molar-refractivity contribution is 5.81. The maximum atomic E-state index is 4.53. The molecule has 2 aromatic carbocycles. The van der Waals surface area contributed by atoms with Crippen LogP contribution >= 0.6 is 0 Å². The van der Waals surface area contributed by atoms with Gasteiger partial charge in [0.15, 0.2) is 0 Å². The molecule has 0 amide bonds. The number of rotatable bonds is 5. The molecule has 6 rings (SSSR count). The predicted molar refractivity (Wildman–Crippen MR) is 158 cm³/mol. The second-order valence-corrected chi connectivity index (χ2v) is 11.3. The summed E-state index contributed by atoms with van der Waals surface area (Å²) in [5.74, 6) is 0. The summed E-state index contributed by atoms with van der Waals surface area (Å²) in [5, 5.41) is 0. The number of para-hydroxylation sites is 1. The van der Waals surface area contributed by atoms with Crippen molar-refractivity contribution in [2.75, 3.05) is 11.9 Å². The molecule has 0 radical (unpaired) electrons. The Kier molecular flexibility index (Phi) is 6.03. The Morgan fingerprint density at radius 1 is 0.973 bits per heavy atom. The fourth-order valence-corrected chi connectivity index (χ4v) is 6.75. The quantitative estimate of drug-likeness (QED) is 0.383. The van der Waals surface area contributed by atoms with Gasteiger partial charge in [0, 0.05) is 35.8 Å². The Morgan fingerprint density at radius 3 is 2.43 bits per heavy atom. The summed E-state index contributed by atoms with van der Waals surface area (Å²) in [7, 11) is 2.23. The lowest BCUT2D eigenvalue weighted by atomic mass is 9.76. The average Bonchev–Trinajstić information content (AvgIpc) is 3.71. The van der Waals surface area contributed by atoms with Gasteiger partial charge in [-0.2, -0.15) is 0 Å². The zero-order chi connectivity index (χ0) is 25.6. The van der Waals surface area contributed by atoms with Gasteiger partial charge in [-0.25, -0.2) is 0 Å². The van der Waals surface area contributed by atoms with Crippen LogP contribution in [-0.2, 0) is 0 Å². The van der Waals surface area contributed by atoms with Gasteiger partial charge in [-0.15, -0.1) is 0 Å². The highest BCUT2D eigenvalue weighted by Gasteiger charge is 2.44. The van der Waals surface area contributed by atoms with E-state index in [1.54, 1.807) is 16.7 Å². The molecular formula is C36H37N. The van der Waals surface area contributed by atoms with Crippen molar-refractivity contribution >= 4 is 5.69 Å². The van der Waals surface area contributed by atoms with Gasteiger partial charge in [0.25, 0.3) is 0 Å². The van der Waals surface area contributed by atoms with E-state index in [4.69, 9.17) is 0 Å². The lowest BCUT2D eigenvalue weighted by Gasteiger charge is -2.30. The van der Waals surface area contributed by atoms with Crippen LogP contribution in [0.4, 0.5) is 5.69 Å². The van der Waals surface area contributed by atoms with Gasteiger partial charge in [0.1, 0.15) is 0 Å².